The van der Waals surface area contributed by atoms with Gasteiger partial charge in [-0.15, -0.1) is 22.7 Å². The first-order chi connectivity index (χ1) is 13.2. The summed E-state index contributed by atoms with van der Waals surface area (Å²) in [5.74, 6) is -0.166. The van der Waals surface area contributed by atoms with E-state index in [1.165, 1.54) is 46.0 Å². The highest BCUT2D eigenvalue weighted by Gasteiger charge is 2.17. The number of aromatic nitrogens is 1. The van der Waals surface area contributed by atoms with E-state index in [4.69, 9.17) is 0 Å². The maximum absolute atomic E-state index is 12.5. The van der Waals surface area contributed by atoms with Crippen molar-refractivity contribution in [2.75, 3.05) is 19.4 Å². The Morgan fingerprint density at radius 2 is 1.89 bits per heavy atom. The van der Waals surface area contributed by atoms with Gasteiger partial charge < -0.3 is 0 Å². The van der Waals surface area contributed by atoms with Crippen LogP contribution in [0.25, 0.3) is 11.3 Å². The lowest BCUT2D eigenvalue weighted by atomic mass is 10.2. The van der Waals surface area contributed by atoms with Crippen molar-refractivity contribution in [2.24, 2.45) is 0 Å². The van der Waals surface area contributed by atoms with Crippen LogP contribution in [0.15, 0.2) is 40.6 Å². The van der Waals surface area contributed by atoms with E-state index in [9.17, 15) is 13.2 Å². The molecule has 0 saturated carbocycles. The Hall–Kier alpha value is -2.07. The van der Waals surface area contributed by atoms with E-state index in [2.05, 4.69) is 17.2 Å². The van der Waals surface area contributed by atoms with Gasteiger partial charge in [-0.1, -0.05) is 19.1 Å². The van der Waals surface area contributed by atoms with Crippen LogP contribution >= 0.6 is 22.7 Å². The van der Waals surface area contributed by atoms with Gasteiger partial charge in [-0.3, -0.25) is 10.1 Å². The maximum atomic E-state index is 12.5. The molecule has 2 aromatic heterocycles. The third kappa shape index (κ3) is 4.17. The van der Waals surface area contributed by atoms with Crippen LogP contribution in [-0.4, -0.2) is 37.7 Å². The molecule has 2 heterocycles. The van der Waals surface area contributed by atoms with Crippen molar-refractivity contribution in [3.8, 4) is 11.3 Å². The summed E-state index contributed by atoms with van der Waals surface area (Å²) in [6.45, 7) is 4.08. The third-order valence-corrected chi connectivity index (χ3v) is 8.19. The van der Waals surface area contributed by atoms with Crippen LogP contribution in [0.2, 0.25) is 0 Å². The molecule has 0 radical (unpaired) electrons. The van der Waals surface area contributed by atoms with E-state index in [-0.39, 0.29) is 10.8 Å². The summed E-state index contributed by atoms with van der Waals surface area (Å²) < 4.78 is 25.5. The molecule has 0 spiro atoms. The van der Waals surface area contributed by atoms with Crippen LogP contribution in [-0.2, 0) is 16.4 Å². The molecule has 0 fully saturated rings. The van der Waals surface area contributed by atoms with Crippen LogP contribution in [0, 0.1) is 6.92 Å². The van der Waals surface area contributed by atoms with Gasteiger partial charge >= 0.3 is 0 Å². The largest absolute Gasteiger partial charge is 0.297 e. The molecule has 0 unspecified atom stereocenters. The first-order valence-electron chi connectivity index (χ1n) is 8.61. The number of hydrogen-bond acceptors (Lipinski definition) is 6. The quantitative estimate of drug-likeness (QED) is 0.628. The second-order valence-electron chi connectivity index (χ2n) is 6.37. The molecule has 148 valence electrons. The highest BCUT2D eigenvalue weighted by Crippen LogP contribution is 2.28. The number of carbonyl (C=O) groups excluding carboxylic acids is 1. The molecule has 1 aromatic carbocycles. The summed E-state index contributed by atoms with van der Waals surface area (Å²) in [5.41, 5.74) is 2.60. The lowest BCUT2D eigenvalue weighted by Crippen LogP contribution is -2.22. The Balaban J connectivity index is 1.76. The first kappa shape index (κ1) is 20.7. The number of nitrogens with zero attached hydrogens (tertiary/aromatic N) is 2. The molecule has 0 aliphatic rings. The van der Waals surface area contributed by atoms with Crippen molar-refractivity contribution in [2.45, 2.75) is 25.2 Å². The number of aryl methyl sites for hydroxylation is 2. The molecule has 0 aliphatic carbocycles. The molecule has 0 atom stereocenters. The average Bonchev–Trinajstić information content (AvgIpc) is 3.28. The van der Waals surface area contributed by atoms with E-state index < -0.39 is 10.0 Å². The fraction of sp³-hybridized carbons (Fsp3) is 0.263. The predicted octanol–water partition coefficient (Wildman–Crippen LogP) is 4.25. The smallest absolute Gasteiger partial charge is 0.267 e. The van der Waals surface area contributed by atoms with E-state index in [1.54, 1.807) is 24.3 Å². The number of sulfonamides is 1. The summed E-state index contributed by atoms with van der Waals surface area (Å²) in [5, 5.41) is 5.18. The summed E-state index contributed by atoms with van der Waals surface area (Å²) in [4.78, 5) is 19.0. The molecule has 28 heavy (non-hydrogen) atoms. The summed E-state index contributed by atoms with van der Waals surface area (Å²) in [6.07, 6.45) is 0.907. The topological polar surface area (TPSA) is 79.4 Å². The number of thiazole rings is 1. The molecule has 1 amide bonds. The second-order valence-corrected chi connectivity index (χ2v) is 10.5. The van der Waals surface area contributed by atoms with E-state index in [0.717, 1.165) is 17.5 Å². The van der Waals surface area contributed by atoms with Gasteiger partial charge in [0.05, 0.1) is 15.5 Å². The van der Waals surface area contributed by atoms with Gasteiger partial charge in [-0.2, -0.15) is 0 Å². The van der Waals surface area contributed by atoms with Gasteiger partial charge in [0.2, 0.25) is 10.0 Å². The lowest BCUT2D eigenvalue weighted by Gasteiger charge is -2.11. The molecular weight excluding hydrogens is 414 g/mol. The van der Waals surface area contributed by atoms with Crippen molar-refractivity contribution in [1.29, 1.82) is 0 Å². The fourth-order valence-corrected chi connectivity index (χ4v) is 5.24. The summed E-state index contributed by atoms with van der Waals surface area (Å²) >= 11 is 2.83. The lowest BCUT2D eigenvalue weighted by molar-refractivity contribution is 0.103. The fourth-order valence-electron chi connectivity index (χ4n) is 2.61. The van der Waals surface area contributed by atoms with Crippen LogP contribution in [0.4, 0.5) is 5.13 Å². The number of thiophene rings is 1. The van der Waals surface area contributed by atoms with Gasteiger partial charge in [-0.05, 0) is 37.1 Å². The van der Waals surface area contributed by atoms with E-state index in [1.807, 2.05) is 18.4 Å². The molecule has 0 bridgehead atoms. The highest BCUT2D eigenvalue weighted by molar-refractivity contribution is 7.89. The van der Waals surface area contributed by atoms with Crippen molar-refractivity contribution in [3.63, 3.8) is 0 Å². The minimum Gasteiger partial charge on any atom is -0.297 e. The molecule has 6 nitrogen and oxygen atoms in total. The zero-order valence-electron chi connectivity index (χ0n) is 16.0. The minimum absolute atomic E-state index is 0.166. The standard InChI is InChI=1S/C19H21N3O3S3/c1-5-16-12(2)10-17(27-16)18(23)21-19-20-15(11-26-19)13-6-8-14(9-7-13)28(24,25)22(3)4/h6-11H,5H2,1-4H3,(H,20,21,23). The molecule has 3 aromatic rings. The number of benzene rings is 1. The second kappa shape index (κ2) is 8.12. The Kier molecular flexibility index (Phi) is 5.99. The van der Waals surface area contributed by atoms with Crippen molar-refractivity contribution in [3.05, 3.63) is 51.0 Å². The molecular formula is C19H21N3O3S3. The van der Waals surface area contributed by atoms with Crippen molar-refractivity contribution >= 4 is 43.7 Å². The maximum Gasteiger partial charge on any atom is 0.267 e. The van der Waals surface area contributed by atoms with Gasteiger partial charge in [0.1, 0.15) is 0 Å². The third-order valence-electron chi connectivity index (χ3n) is 4.22. The number of carbonyl (C=O) groups is 1. The van der Waals surface area contributed by atoms with E-state index in [0.29, 0.717) is 15.7 Å². The highest BCUT2D eigenvalue weighted by atomic mass is 32.2. The normalized spacial score (nSPS) is 11.8. The Bertz CT molecular complexity index is 1100. The minimum atomic E-state index is -3.46. The molecule has 0 saturated heterocycles. The Morgan fingerprint density at radius 3 is 2.46 bits per heavy atom. The van der Waals surface area contributed by atoms with Gasteiger partial charge in [0, 0.05) is 29.9 Å². The predicted molar refractivity (Wildman–Crippen MR) is 115 cm³/mol. The Morgan fingerprint density at radius 1 is 1.21 bits per heavy atom. The van der Waals surface area contributed by atoms with E-state index >= 15 is 0 Å². The van der Waals surface area contributed by atoms with Gasteiger partial charge in [0.15, 0.2) is 5.13 Å². The molecule has 1 N–H and O–H groups in total. The molecule has 3 rings (SSSR count). The zero-order chi connectivity index (χ0) is 20.5. The van der Waals surface area contributed by atoms with Crippen LogP contribution in [0.3, 0.4) is 0 Å². The monoisotopic (exact) mass is 435 g/mol. The number of nitrogens with one attached hydrogen (secondary N) is 1. The summed E-state index contributed by atoms with van der Waals surface area (Å²) in [6, 6.07) is 8.45. The zero-order valence-corrected chi connectivity index (χ0v) is 18.5. The SMILES string of the molecule is CCc1sc(C(=O)Nc2nc(-c3ccc(S(=O)(=O)N(C)C)cc3)cs2)cc1C. The number of hydrogen-bond donors (Lipinski definition) is 1. The van der Waals surface area contributed by atoms with Crippen LogP contribution in [0.1, 0.15) is 27.0 Å². The number of rotatable bonds is 6. The Labute approximate surface area is 172 Å². The summed E-state index contributed by atoms with van der Waals surface area (Å²) in [7, 11) is -0.467. The first-order valence-corrected chi connectivity index (χ1v) is 11.7. The van der Waals surface area contributed by atoms with Crippen LogP contribution in [0.5, 0.6) is 0 Å². The van der Waals surface area contributed by atoms with Crippen molar-refractivity contribution < 1.29 is 13.2 Å². The van der Waals surface area contributed by atoms with Gasteiger partial charge in [-0.25, -0.2) is 17.7 Å². The molecule has 0 aliphatic heterocycles. The van der Waals surface area contributed by atoms with Gasteiger partial charge in [0.25, 0.3) is 5.91 Å². The van der Waals surface area contributed by atoms with Crippen LogP contribution < -0.4 is 5.32 Å². The van der Waals surface area contributed by atoms with Crippen molar-refractivity contribution in [1.82, 2.24) is 9.29 Å². The molecule has 9 heteroatoms. The number of anilines is 1. The number of amides is 1. The average molecular weight is 436 g/mol.